The monoisotopic (exact) mass is 1330 g/mol. The van der Waals surface area contributed by atoms with Gasteiger partial charge in [0.2, 0.25) is 13.4 Å². The molecule has 8 aromatic carbocycles. The second-order valence-corrected chi connectivity index (χ2v) is 36.5. The van der Waals surface area contributed by atoms with Gasteiger partial charge in [-0.1, -0.05) is 348 Å². The molecule has 0 saturated heterocycles. The molecule has 6 aliphatic carbocycles. The number of aryl methyl sites for hydroxylation is 12. The fraction of sp³-hybridized carbons (Fsp3) is 0.473. The van der Waals surface area contributed by atoms with E-state index in [0.29, 0.717) is 13.4 Å². The average molecular weight is 1340 g/mol. The molecule has 0 aromatic heterocycles. The molecule has 0 unspecified atom stereocenters. The van der Waals surface area contributed by atoms with Crippen LogP contribution in [0, 0.1) is 125 Å². The van der Waals surface area contributed by atoms with Crippen molar-refractivity contribution in [1.29, 1.82) is 0 Å². The summed E-state index contributed by atoms with van der Waals surface area (Å²) in [7, 11) is -4.98. The zero-order chi connectivity index (χ0) is 70.6. The molecule has 0 amide bonds. The van der Waals surface area contributed by atoms with Crippen molar-refractivity contribution < 1.29 is 9.13 Å². The van der Waals surface area contributed by atoms with Gasteiger partial charge in [0.15, 0.2) is 0 Å². The van der Waals surface area contributed by atoms with Crippen LogP contribution >= 0.6 is 14.3 Å². The van der Waals surface area contributed by atoms with Gasteiger partial charge in [0, 0.05) is 21.2 Å². The van der Waals surface area contributed by atoms with Gasteiger partial charge < -0.3 is 9.13 Å². The van der Waals surface area contributed by atoms with E-state index in [1.165, 1.54) is 143 Å². The molecule has 0 heterocycles. The molecule has 2 nitrogen and oxygen atoms in total. The summed E-state index contributed by atoms with van der Waals surface area (Å²) >= 11 is 0. The number of hydrogen-bond donors (Lipinski definition) is 0. The highest BCUT2D eigenvalue weighted by Crippen LogP contribution is 2.57. The lowest BCUT2D eigenvalue weighted by Gasteiger charge is -2.54. The summed E-state index contributed by atoms with van der Waals surface area (Å²) in [5, 5.41) is 3.89. The Labute approximate surface area is 594 Å². The van der Waals surface area contributed by atoms with E-state index in [1.54, 1.807) is 32.1 Å². The summed E-state index contributed by atoms with van der Waals surface area (Å²) in [6.07, 6.45) is 25.8. The van der Waals surface area contributed by atoms with Crippen molar-refractivity contribution in [3.8, 4) is 0 Å². The van der Waals surface area contributed by atoms with Crippen LogP contribution < -0.4 is 43.1 Å². The maximum Gasteiger partial charge on any atom is 0.207 e. The summed E-state index contributed by atoms with van der Waals surface area (Å²) in [6.45, 7) is 42.1. The molecule has 0 N–H and O–H groups in total. The van der Waals surface area contributed by atoms with Crippen LogP contribution in [0.25, 0.3) is 0 Å². The molecular weight excluding hydrogens is 1210 g/mol. The van der Waals surface area contributed by atoms with Crippen molar-refractivity contribution in [2.75, 3.05) is 13.3 Å². The van der Waals surface area contributed by atoms with Crippen molar-refractivity contribution in [3.05, 3.63) is 237 Å². The van der Waals surface area contributed by atoms with E-state index >= 15 is 0 Å². The van der Waals surface area contributed by atoms with Crippen molar-refractivity contribution in [2.24, 2.45) is 41.4 Å². The highest BCUT2D eigenvalue weighted by molar-refractivity contribution is 7.78. The molecule has 0 atom stereocenters. The van der Waals surface area contributed by atoms with E-state index in [9.17, 15) is 9.13 Å². The van der Waals surface area contributed by atoms with Crippen LogP contribution in [0.2, 0.25) is 13.6 Å². The van der Waals surface area contributed by atoms with Gasteiger partial charge in [-0.3, -0.25) is 0 Å². The van der Waals surface area contributed by atoms with E-state index in [0.717, 1.165) is 84.9 Å². The molecule has 6 aliphatic rings. The summed E-state index contributed by atoms with van der Waals surface area (Å²) in [5.41, 5.74) is 21.1. The predicted octanol–water partition coefficient (Wildman–Crippen LogP) is 21.8. The summed E-state index contributed by atoms with van der Waals surface area (Å²) in [6, 6.07) is 58.2. The molecular formula is C91H126B2O2P2. The van der Waals surface area contributed by atoms with Gasteiger partial charge in [0.05, 0.1) is 0 Å². The molecule has 6 fully saturated rings. The first-order valence-electron chi connectivity index (χ1n) is 38.0. The third-order valence-corrected chi connectivity index (χ3v) is 28.5. The van der Waals surface area contributed by atoms with Gasteiger partial charge >= 0.3 is 0 Å². The molecule has 14 rings (SSSR count). The molecule has 6 saturated carbocycles. The van der Waals surface area contributed by atoms with E-state index in [4.69, 9.17) is 0 Å². The standard InChI is InChI=1S/C19H25B.C19H25OP.C13H13B.C13H13OP.C12H20.C8H16.C7H14/c1-12-8-14(3)18(15(4)9-12)20(7)19-16(5)10-13(2)11-17(19)6;1-12-8-14(3)18(15(4)9-12)21(7,20)19-16(5)10-13(2)11-17(19)6;1-14(12-8-4-2-5-9-12)13-10-6-3-7-11-13;1-15(14,12-8-4-2-5-9-12)13-10-6-3-7-11-13;1-2-12-10-4-8-3-9(6-10)7-11(12)5-8;1-2-8-6-4-3-5-7-8;1-2-7-5-3-4-6-7/h8-11H,1-7H3;8-11H,1-7H3;2-11H,1H3;2-11H,1H3;8-12H,2-7H2,1H3;8H,2-7H2,1H3;7H,2-6H2,1H3. The fourth-order valence-corrected chi connectivity index (χ4v) is 23.6. The maximum atomic E-state index is 13.7. The molecule has 518 valence electrons. The highest BCUT2D eigenvalue weighted by atomic mass is 31.2. The van der Waals surface area contributed by atoms with Crippen LogP contribution in [0.4, 0.5) is 0 Å². The van der Waals surface area contributed by atoms with Crippen molar-refractivity contribution in [2.45, 2.75) is 227 Å². The first-order valence-corrected chi connectivity index (χ1v) is 42.3. The minimum atomic E-state index is -2.59. The lowest BCUT2D eigenvalue weighted by Crippen LogP contribution is -2.45. The van der Waals surface area contributed by atoms with E-state index in [-0.39, 0.29) is 0 Å². The van der Waals surface area contributed by atoms with E-state index in [2.05, 4.69) is 227 Å². The smallest absolute Gasteiger partial charge is 0.207 e. The van der Waals surface area contributed by atoms with Crippen LogP contribution in [0.3, 0.4) is 0 Å². The quantitative estimate of drug-likeness (QED) is 0.0955. The Morgan fingerprint density at radius 1 is 0.340 bits per heavy atom. The van der Waals surface area contributed by atoms with Gasteiger partial charge in [0.1, 0.15) is 14.3 Å². The van der Waals surface area contributed by atoms with Gasteiger partial charge in [-0.05, 0) is 192 Å². The molecule has 0 radical (unpaired) electrons. The first-order chi connectivity index (χ1) is 46.3. The third kappa shape index (κ3) is 21.9. The second-order valence-electron chi connectivity index (χ2n) is 30.9. The number of rotatable bonds is 11. The molecule has 6 heteroatoms. The number of benzene rings is 8. The van der Waals surface area contributed by atoms with Crippen LogP contribution in [0.15, 0.2) is 170 Å². The topological polar surface area (TPSA) is 34.1 Å². The Balaban J connectivity index is 0.000000164. The SMILES string of the molecule is CB(c1c(C)cc(C)cc1C)c1c(C)cc(C)cc1C.CB(c1ccccc1)c1ccccc1.CCC1C2CC3CC(C2)CC1C3.CCC1CCCC1.CCC1CCCCC1.CP(=O)(c1ccccc1)c1ccccc1.Cc1cc(C)c(P(C)(=O)c2c(C)cc(C)cc2C)c(C)c1. The van der Waals surface area contributed by atoms with Gasteiger partial charge in [0.25, 0.3) is 0 Å². The Kier molecular flexibility index (Phi) is 30.6. The highest BCUT2D eigenvalue weighted by Gasteiger charge is 2.47. The zero-order valence-electron chi connectivity index (χ0n) is 64.1. The average Bonchev–Trinajstić information content (AvgIpc) is 1.27. The minimum Gasteiger partial charge on any atom is -0.314 e. The zero-order valence-corrected chi connectivity index (χ0v) is 65.9. The largest absolute Gasteiger partial charge is 0.314 e. The maximum absolute atomic E-state index is 13.7. The third-order valence-electron chi connectivity index (χ3n) is 22.8. The Hall–Kier alpha value is -5.65. The van der Waals surface area contributed by atoms with E-state index < -0.39 is 14.3 Å². The second kappa shape index (κ2) is 37.7. The van der Waals surface area contributed by atoms with Crippen LogP contribution in [0.1, 0.15) is 197 Å². The lowest BCUT2D eigenvalue weighted by molar-refractivity contribution is -0.0376. The Morgan fingerprint density at radius 3 is 0.897 bits per heavy atom. The van der Waals surface area contributed by atoms with Crippen LogP contribution in [0.5, 0.6) is 0 Å². The molecule has 8 aromatic rings. The summed E-state index contributed by atoms with van der Waals surface area (Å²) < 4.78 is 26.3. The Morgan fingerprint density at radius 2 is 0.619 bits per heavy atom. The fourth-order valence-electron chi connectivity index (χ4n) is 18.7. The molecule has 4 bridgehead atoms. The van der Waals surface area contributed by atoms with E-state index in [1.807, 2.05) is 74.0 Å². The summed E-state index contributed by atoms with van der Waals surface area (Å²) in [5.74, 6) is 7.96. The lowest BCUT2D eigenvalue weighted by atomic mass is 9.39. The number of hydrogen-bond acceptors (Lipinski definition) is 2. The molecule has 97 heavy (non-hydrogen) atoms. The van der Waals surface area contributed by atoms with Crippen LogP contribution in [-0.2, 0) is 9.13 Å². The predicted molar refractivity (Wildman–Crippen MR) is 436 cm³/mol. The summed E-state index contributed by atoms with van der Waals surface area (Å²) in [4.78, 5) is 0. The van der Waals surface area contributed by atoms with Crippen LogP contribution in [-0.4, -0.2) is 26.8 Å². The normalized spacial score (nSPS) is 18.5. The Bertz CT molecular complexity index is 3480. The van der Waals surface area contributed by atoms with Gasteiger partial charge in [-0.25, -0.2) is 0 Å². The van der Waals surface area contributed by atoms with Crippen molar-refractivity contribution >= 4 is 70.8 Å². The minimum absolute atomic E-state index is 0.455. The van der Waals surface area contributed by atoms with Gasteiger partial charge in [-0.15, -0.1) is 0 Å². The van der Waals surface area contributed by atoms with Crippen molar-refractivity contribution in [1.82, 2.24) is 0 Å². The van der Waals surface area contributed by atoms with Gasteiger partial charge in [-0.2, -0.15) is 0 Å². The molecule has 0 spiro atoms. The van der Waals surface area contributed by atoms with Crippen molar-refractivity contribution in [3.63, 3.8) is 0 Å². The molecule has 0 aliphatic heterocycles. The first kappa shape index (κ1) is 78.7.